The van der Waals surface area contributed by atoms with Crippen molar-refractivity contribution in [3.8, 4) is 0 Å². The Balaban J connectivity index is 2.96. The molecule has 0 spiro atoms. The van der Waals surface area contributed by atoms with Crippen molar-refractivity contribution in [3.63, 3.8) is 0 Å². The first-order valence-electron chi connectivity index (χ1n) is 5.07. The van der Waals surface area contributed by atoms with Crippen molar-refractivity contribution in [1.82, 2.24) is 14.6 Å². The number of nitrogen functional groups attached to an aromatic ring is 1. The largest absolute Gasteiger partial charge is 0.382 e. The van der Waals surface area contributed by atoms with Crippen molar-refractivity contribution in [3.05, 3.63) is 24.1 Å². The van der Waals surface area contributed by atoms with Gasteiger partial charge in [0.1, 0.15) is 13.2 Å². The van der Waals surface area contributed by atoms with Crippen LogP contribution < -0.4 is 5.73 Å². The molecule has 0 unspecified atom stereocenters. The van der Waals surface area contributed by atoms with Crippen LogP contribution in [0.1, 0.15) is 9.81 Å². The van der Waals surface area contributed by atoms with Gasteiger partial charge in [0, 0.05) is 5.69 Å². The molecule has 0 bridgehead atoms. The van der Waals surface area contributed by atoms with E-state index in [0.717, 1.165) is 0 Å². The summed E-state index contributed by atoms with van der Waals surface area (Å²) in [5, 5.41) is 3.77. The topological polar surface area (TPSA) is 56.2 Å². The average molecular weight is 152 g/mol. The number of fused-ring (bicyclic) bond motifs is 1. The van der Waals surface area contributed by atoms with Crippen molar-refractivity contribution in [2.24, 2.45) is 0 Å². The molecule has 2 aromatic rings. The van der Waals surface area contributed by atoms with Gasteiger partial charge in [-0.3, -0.25) is 0 Å². The fourth-order valence-corrected chi connectivity index (χ4v) is 0.878. The van der Waals surface area contributed by atoms with Gasteiger partial charge in [-0.1, -0.05) is 0 Å². The van der Waals surface area contributed by atoms with Crippen LogP contribution >= 0.6 is 0 Å². The summed E-state index contributed by atoms with van der Waals surface area (Å²) < 4.78 is 30.9. The second-order valence-electron chi connectivity index (χ2n) is 2.16. The molecule has 56 valence electrons. The van der Waals surface area contributed by atoms with Crippen LogP contribution in [0.3, 0.4) is 0 Å². The molecule has 0 aliphatic carbocycles. The van der Waals surface area contributed by atoms with Gasteiger partial charge in [-0.25, -0.2) is 9.50 Å². The molecule has 0 fully saturated rings. The number of aryl methyl sites for hydroxylation is 1. The molecule has 0 saturated heterocycles. The Labute approximate surface area is 69.3 Å². The standard InChI is InChI=1S/C7H8N4/c1-5-2-3-6-7(8)9-4-10-11(5)6/h2-4H,1H3,(H2,8,9,10)/i2D,3D,4D/hD. The molecule has 0 atom stereocenters. The van der Waals surface area contributed by atoms with E-state index in [-0.39, 0.29) is 29.7 Å². The van der Waals surface area contributed by atoms with Gasteiger partial charge in [0.15, 0.2) is 7.23 Å². The summed E-state index contributed by atoms with van der Waals surface area (Å²) in [6.45, 7) is 1.63. The second-order valence-corrected chi connectivity index (χ2v) is 2.16. The maximum absolute atomic E-state index is 7.65. The van der Waals surface area contributed by atoms with Crippen LogP contribution in [0.4, 0.5) is 5.82 Å². The monoisotopic (exact) mass is 152 g/mol. The van der Waals surface area contributed by atoms with E-state index in [1.807, 2.05) is 5.73 Å². The zero-order valence-electron chi connectivity index (χ0n) is 9.84. The van der Waals surface area contributed by atoms with Gasteiger partial charge in [0.2, 0.25) is 0 Å². The fraction of sp³-hybridized carbons (Fsp3) is 0.143. The van der Waals surface area contributed by atoms with E-state index in [0.29, 0.717) is 5.69 Å². The van der Waals surface area contributed by atoms with Crippen LogP contribution in [0.25, 0.3) is 5.52 Å². The third-order valence-corrected chi connectivity index (χ3v) is 1.42. The van der Waals surface area contributed by atoms with Gasteiger partial charge in [-0.05, 0) is 19.0 Å². The van der Waals surface area contributed by atoms with Crippen LogP contribution in [0.2, 0.25) is 1.41 Å². The zero-order chi connectivity index (χ0) is 11.2. The number of hydrogen-bond acceptors (Lipinski definition) is 3. The Morgan fingerprint density at radius 2 is 2.64 bits per heavy atom. The number of hydrogen-bond donors (Lipinski definition) is 1. The third kappa shape index (κ3) is 0.756. The van der Waals surface area contributed by atoms with Crippen LogP contribution in [0.5, 0.6) is 0 Å². The molecule has 2 N–H and O–H groups in total. The lowest BCUT2D eigenvalue weighted by Crippen LogP contribution is -1.99. The summed E-state index contributed by atoms with van der Waals surface area (Å²) >= 11 is 0. The Hall–Kier alpha value is -1.58. The molecule has 0 aliphatic rings. The normalized spacial score (nSPS) is 15.4. The molecule has 0 aromatic carbocycles. The molecule has 2 heterocycles. The Morgan fingerprint density at radius 1 is 1.73 bits per heavy atom. The van der Waals surface area contributed by atoms with Crippen LogP contribution in [-0.4, -0.2) is 14.6 Å². The molecule has 2 rings (SSSR count). The summed E-state index contributed by atoms with van der Waals surface area (Å²) in [5.74, 6) is 0.0709. The molecular weight excluding hydrogens is 140 g/mol. The van der Waals surface area contributed by atoms with Crippen LogP contribution in [0, 0.1) is 6.92 Å². The molecule has 0 amide bonds. The predicted octanol–water partition coefficient (Wildman–Crippen LogP) is 0.620. The smallest absolute Gasteiger partial charge is 0.158 e. The first-order valence-corrected chi connectivity index (χ1v) is 3.07. The molecule has 4 nitrogen and oxygen atoms in total. The zero-order valence-corrected chi connectivity index (χ0v) is 5.84. The van der Waals surface area contributed by atoms with Crippen LogP contribution in [-0.2, 0) is 0 Å². The molecule has 0 saturated carbocycles. The maximum atomic E-state index is 7.65. The lowest BCUT2D eigenvalue weighted by molar-refractivity contribution is 0.875. The highest BCUT2D eigenvalue weighted by molar-refractivity contribution is 5.65. The minimum Gasteiger partial charge on any atom is -0.382 e. The number of rotatable bonds is 1. The van der Waals surface area contributed by atoms with Crippen molar-refractivity contribution < 1.29 is 5.52 Å². The van der Waals surface area contributed by atoms with Gasteiger partial charge in [0.05, 0.1) is 2.74 Å². The Morgan fingerprint density at radius 3 is 3.45 bits per heavy atom. The van der Waals surface area contributed by atoms with Gasteiger partial charge < -0.3 is 5.73 Å². The number of anilines is 1. The van der Waals surface area contributed by atoms with E-state index in [9.17, 15) is 0 Å². The summed E-state index contributed by atoms with van der Waals surface area (Å²) in [4.78, 5) is 3.67. The number of nitrogens with zero attached hydrogens (tertiary/aromatic N) is 3. The number of nitrogens with two attached hydrogens (primary N) is 1. The molecule has 4 heteroatoms. The fourth-order valence-electron chi connectivity index (χ4n) is 0.878. The maximum Gasteiger partial charge on any atom is 0.158 e. The first-order chi connectivity index (χ1) is 7.06. The van der Waals surface area contributed by atoms with E-state index in [1.165, 1.54) is 4.52 Å². The quantitative estimate of drug-likeness (QED) is 0.651. The average Bonchev–Trinajstić information content (AvgIpc) is 2.43. The minimum absolute atomic E-state index is 0.0337. The van der Waals surface area contributed by atoms with E-state index in [1.54, 1.807) is 6.92 Å². The summed E-state index contributed by atoms with van der Waals surface area (Å²) in [6.07, 6.45) is -0.254. The first kappa shape index (κ1) is 3.21. The lowest BCUT2D eigenvalue weighted by Gasteiger charge is -1.96. The van der Waals surface area contributed by atoms with Gasteiger partial charge in [-0.2, -0.15) is 5.10 Å². The van der Waals surface area contributed by atoms with Crippen molar-refractivity contribution in [2.75, 3.05) is 5.73 Å². The second kappa shape index (κ2) is 1.95. The summed E-state index contributed by atoms with van der Waals surface area (Å²) in [7, 11) is 0. The molecular formula is C7H8N4. The third-order valence-electron chi connectivity index (χ3n) is 1.42. The van der Waals surface area contributed by atoms with Crippen molar-refractivity contribution >= 4 is 11.3 Å². The van der Waals surface area contributed by atoms with E-state index < -0.39 is 0 Å². The van der Waals surface area contributed by atoms with Crippen LogP contribution in [0.15, 0.2) is 18.4 Å². The van der Waals surface area contributed by atoms with E-state index in [2.05, 4.69) is 10.1 Å². The summed E-state index contributed by atoms with van der Waals surface area (Å²) in [6, 6.07) is -0.00588. The lowest BCUT2D eigenvalue weighted by atomic mass is 10.5. The van der Waals surface area contributed by atoms with Gasteiger partial charge >= 0.3 is 0 Å². The molecule has 11 heavy (non-hydrogen) atoms. The molecule has 0 radical (unpaired) electrons. The van der Waals surface area contributed by atoms with E-state index >= 15 is 0 Å². The minimum atomic E-state index is -0.254. The Kier molecular flexibility index (Phi) is 0.569. The SMILES string of the molecule is [2H]Nc1nc([2H])nn2c(C)c([2H])c([2H])c12. The summed E-state index contributed by atoms with van der Waals surface area (Å²) in [5.41, 5.74) is 2.76. The predicted molar refractivity (Wildman–Crippen MR) is 42.1 cm³/mol. The van der Waals surface area contributed by atoms with Crippen molar-refractivity contribution in [1.29, 1.82) is 0 Å². The van der Waals surface area contributed by atoms with Crippen molar-refractivity contribution in [2.45, 2.75) is 6.92 Å². The molecule has 2 aromatic heterocycles. The highest BCUT2D eigenvalue weighted by Crippen LogP contribution is 2.11. The van der Waals surface area contributed by atoms with Gasteiger partial charge in [-0.15, -0.1) is 0 Å². The molecule has 0 aliphatic heterocycles. The highest BCUT2D eigenvalue weighted by atomic mass is 15.2. The highest BCUT2D eigenvalue weighted by Gasteiger charge is 2.00. The Bertz CT molecular complexity index is 536. The number of aromatic nitrogens is 3. The van der Waals surface area contributed by atoms with E-state index in [4.69, 9.17) is 5.52 Å². The van der Waals surface area contributed by atoms with Gasteiger partial charge in [0.25, 0.3) is 0 Å².